The largest absolute Gasteiger partial charge is 0.331 e. The Kier molecular flexibility index (Phi) is 7.49. The van der Waals surface area contributed by atoms with Crippen molar-refractivity contribution >= 4 is 8.07 Å². The van der Waals surface area contributed by atoms with Crippen LogP contribution < -0.4 is 0 Å². The lowest BCUT2D eigenvalue weighted by Crippen LogP contribution is -2.33. The second-order valence-electron chi connectivity index (χ2n) is 7.15. The van der Waals surface area contributed by atoms with Crippen LogP contribution in [0.5, 0.6) is 0 Å². The number of quaternary nitrogens is 1. The molecule has 104 valence electrons. The number of rotatable bonds is 4. The quantitative estimate of drug-likeness (QED) is 0.564. The molecule has 1 aromatic rings. The van der Waals surface area contributed by atoms with E-state index in [1.165, 1.54) is 24.6 Å². The van der Waals surface area contributed by atoms with Gasteiger partial charge in [-0.1, -0.05) is 56.0 Å². The molecule has 0 unspecified atom stereocenters. The smallest absolute Gasteiger partial charge is 0.0751 e. The summed E-state index contributed by atoms with van der Waals surface area (Å²) >= 11 is 0. The minimum Gasteiger partial charge on any atom is -0.331 e. The Morgan fingerprint density at radius 1 is 0.944 bits per heavy atom. The molecule has 0 aromatic heterocycles. The first-order chi connectivity index (χ1) is 8.14. The predicted molar refractivity (Wildman–Crippen MR) is 86.9 cm³/mol. The fraction of sp³-hybridized carbons (Fsp3) is 0.625. The molecule has 0 saturated carbocycles. The van der Waals surface area contributed by atoms with Crippen LogP contribution in [0.15, 0.2) is 30.3 Å². The lowest BCUT2D eigenvalue weighted by Gasteiger charge is -2.20. The summed E-state index contributed by atoms with van der Waals surface area (Å²) in [6.07, 6.45) is 1.26. The highest BCUT2D eigenvalue weighted by Crippen LogP contribution is 2.12. The van der Waals surface area contributed by atoms with Gasteiger partial charge in [0.2, 0.25) is 0 Å². The highest BCUT2D eigenvalue weighted by molar-refractivity contribution is 6.76. The highest BCUT2D eigenvalue weighted by atomic mass is 28.3. The first-order valence-corrected chi connectivity index (χ1v) is 10.7. The van der Waals surface area contributed by atoms with Gasteiger partial charge in [-0.15, -0.1) is 0 Å². The molecule has 2 heteroatoms. The van der Waals surface area contributed by atoms with E-state index in [1.54, 1.807) is 0 Å². The average molecular weight is 267 g/mol. The van der Waals surface area contributed by atoms with Crippen LogP contribution in [-0.4, -0.2) is 40.2 Å². The zero-order valence-corrected chi connectivity index (χ0v) is 14.5. The monoisotopic (exact) mass is 266 g/mol. The SMILES string of the molecule is CC[N+](C)(C)C.C[Si](C)(C)CCc1ccccc1. The van der Waals surface area contributed by atoms with Gasteiger partial charge in [-0.25, -0.2) is 0 Å². The Balaban J connectivity index is 0.000000411. The Labute approximate surface area is 115 Å². The van der Waals surface area contributed by atoms with Crippen LogP contribution in [0.4, 0.5) is 0 Å². The fourth-order valence-electron chi connectivity index (χ4n) is 1.16. The maximum atomic E-state index is 2.43. The van der Waals surface area contributed by atoms with Crippen molar-refractivity contribution in [2.45, 2.75) is 39.0 Å². The lowest BCUT2D eigenvalue weighted by molar-refractivity contribution is -0.868. The van der Waals surface area contributed by atoms with E-state index >= 15 is 0 Å². The summed E-state index contributed by atoms with van der Waals surface area (Å²) < 4.78 is 1.07. The topological polar surface area (TPSA) is 0 Å². The third-order valence-electron chi connectivity index (χ3n) is 2.96. The number of aryl methyl sites for hydroxylation is 1. The van der Waals surface area contributed by atoms with E-state index in [9.17, 15) is 0 Å². The van der Waals surface area contributed by atoms with Crippen LogP contribution in [0.3, 0.4) is 0 Å². The van der Waals surface area contributed by atoms with Gasteiger partial charge < -0.3 is 4.48 Å². The molecule has 0 aliphatic rings. The van der Waals surface area contributed by atoms with Crippen LogP contribution in [0.2, 0.25) is 25.7 Å². The average Bonchev–Trinajstić information content (AvgIpc) is 2.27. The van der Waals surface area contributed by atoms with Crippen LogP contribution >= 0.6 is 0 Å². The van der Waals surface area contributed by atoms with Crippen molar-refractivity contribution < 1.29 is 4.48 Å². The van der Waals surface area contributed by atoms with Crippen molar-refractivity contribution in [3.05, 3.63) is 35.9 Å². The molecule has 0 aliphatic carbocycles. The van der Waals surface area contributed by atoms with Gasteiger partial charge in [0.05, 0.1) is 27.7 Å². The maximum absolute atomic E-state index is 2.43. The summed E-state index contributed by atoms with van der Waals surface area (Å²) in [4.78, 5) is 0. The molecule has 1 aromatic carbocycles. The molecule has 1 nitrogen and oxygen atoms in total. The van der Waals surface area contributed by atoms with E-state index < -0.39 is 8.07 Å². The third-order valence-corrected chi connectivity index (χ3v) is 4.71. The molecule has 1 rings (SSSR count). The number of benzene rings is 1. The van der Waals surface area contributed by atoms with Crippen molar-refractivity contribution in [3.8, 4) is 0 Å². The summed E-state index contributed by atoms with van der Waals surface area (Å²) in [5.41, 5.74) is 1.49. The molecule has 18 heavy (non-hydrogen) atoms. The van der Waals surface area contributed by atoms with Gasteiger partial charge in [-0.2, -0.15) is 0 Å². The van der Waals surface area contributed by atoms with Gasteiger partial charge in [0.15, 0.2) is 0 Å². The van der Waals surface area contributed by atoms with E-state index in [4.69, 9.17) is 0 Å². The first-order valence-electron chi connectivity index (χ1n) is 6.98. The lowest BCUT2D eigenvalue weighted by atomic mass is 10.2. The maximum Gasteiger partial charge on any atom is 0.0751 e. The van der Waals surface area contributed by atoms with Crippen LogP contribution in [0, 0.1) is 0 Å². The molecule has 0 bridgehead atoms. The number of hydrogen-bond acceptors (Lipinski definition) is 0. The van der Waals surface area contributed by atoms with Crippen molar-refractivity contribution in [1.29, 1.82) is 0 Å². The summed E-state index contributed by atoms with van der Waals surface area (Å²) in [5, 5.41) is 0. The molecule has 0 N–H and O–H groups in total. The zero-order valence-electron chi connectivity index (χ0n) is 13.5. The highest BCUT2D eigenvalue weighted by Gasteiger charge is 2.11. The van der Waals surface area contributed by atoms with Gasteiger partial charge in [0, 0.05) is 8.07 Å². The normalized spacial score (nSPS) is 11.7. The van der Waals surface area contributed by atoms with Gasteiger partial charge in [0.25, 0.3) is 0 Å². The Morgan fingerprint density at radius 2 is 1.39 bits per heavy atom. The van der Waals surface area contributed by atoms with Crippen molar-refractivity contribution in [2.24, 2.45) is 0 Å². The van der Waals surface area contributed by atoms with Crippen molar-refractivity contribution in [3.63, 3.8) is 0 Å². The summed E-state index contributed by atoms with van der Waals surface area (Å²) in [7, 11) is 5.70. The zero-order chi connectivity index (χ0) is 14.2. The van der Waals surface area contributed by atoms with E-state index in [0.717, 1.165) is 4.48 Å². The summed E-state index contributed by atoms with van der Waals surface area (Å²) in [6.45, 7) is 10.7. The minimum absolute atomic E-state index is 0.840. The number of nitrogens with zero attached hydrogens (tertiary/aromatic N) is 1. The fourth-order valence-corrected chi connectivity index (χ4v) is 2.20. The Hall–Kier alpha value is -0.603. The Morgan fingerprint density at radius 3 is 1.72 bits per heavy atom. The van der Waals surface area contributed by atoms with Crippen LogP contribution in [0.25, 0.3) is 0 Å². The number of hydrogen-bond donors (Lipinski definition) is 0. The third kappa shape index (κ3) is 11.9. The van der Waals surface area contributed by atoms with Crippen molar-refractivity contribution in [2.75, 3.05) is 27.7 Å². The molecule has 0 amide bonds. The molecule has 0 saturated heterocycles. The Bertz CT molecular complexity index is 306. The molecular weight excluding hydrogens is 234 g/mol. The minimum atomic E-state index is -0.840. The van der Waals surface area contributed by atoms with Gasteiger partial charge in [-0.05, 0) is 18.9 Å². The molecule has 0 spiro atoms. The molecule has 0 aliphatic heterocycles. The van der Waals surface area contributed by atoms with E-state index in [-0.39, 0.29) is 0 Å². The standard InChI is InChI=1S/C11H18Si.C5H14N/c1-12(2,3)10-9-11-7-5-4-6-8-11;1-5-6(2,3)4/h4-8H,9-10H2,1-3H3;5H2,1-4H3/q;+1. The van der Waals surface area contributed by atoms with E-state index in [1.807, 2.05) is 0 Å². The van der Waals surface area contributed by atoms with Gasteiger partial charge in [0.1, 0.15) is 0 Å². The second kappa shape index (κ2) is 7.75. The van der Waals surface area contributed by atoms with Crippen molar-refractivity contribution in [1.82, 2.24) is 0 Å². The summed E-state index contributed by atoms with van der Waals surface area (Å²) in [5.74, 6) is 0. The van der Waals surface area contributed by atoms with Crippen LogP contribution in [-0.2, 0) is 6.42 Å². The van der Waals surface area contributed by atoms with Gasteiger partial charge in [-0.3, -0.25) is 0 Å². The molecule has 0 radical (unpaired) electrons. The van der Waals surface area contributed by atoms with Gasteiger partial charge >= 0.3 is 0 Å². The van der Waals surface area contributed by atoms with E-state index in [0.29, 0.717) is 0 Å². The summed E-state index contributed by atoms with van der Waals surface area (Å²) in [6, 6.07) is 12.2. The molecule has 0 atom stereocenters. The molecular formula is C16H32NSi+. The molecule has 0 heterocycles. The predicted octanol–water partition coefficient (Wildman–Crippen LogP) is 4.28. The van der Waals surface area contributed by atoms with Crippen LogP contribution in [0.1, 0.15) is 12.5 Å². The first kappa shape index (κ1) is 17.4. The second-order valence-corrected chi connectivity index (χ2v) is 12.8. The molecule has 0 fully saturated rings. The van der Waals surface area contributed by atoms with E-state index in [2.05, 4.69) is 78.0 Å².